The van der Waals surface area contributed by atoms with Crippen LogP contribution >= 0.6 is 22.9 Å². The molecule has 7 heteroatoms. The van der Waals surface area contributed by atoms with E-state index in [1.807, 2.05) is 0 Å². The third kappa shape index (κ3) is 2.80. The van der Waals surface area contributed by atoms with E-state index in [1.54, 1.807) is 18.4 Å². The first-order valence-corrected chi connectivity index (χ1v) is 5.81. The van der Waals surface area contributed by atoms with Crippen LogP contribution in [0.2, 0.25) is 5.15 Å². The normalized spacial score (nSPS) is 10.4. The average molecular weight is 257 g/mol. The summed E-state index contributed by atoms with van der Waals surface area (Å²) in [6.45, 7) is 2.27. The van der Waals surface area contributed by atoms with Crippen molar-refractivity contribution in [2.45, 2.75) is 13.5 Å². The largest absolute Gasteiger partial charge is 0.364 e. The van der Waals surface area contributed by atoms with Gasteiger partial charge in [0.1, 0.15) is 16.8 Å². The lowest BCUT2D eigenvalue weighted by Crippen LogP contribution is -2.05. The van der Waals surface area contributed by atoms with Gasteiger partial charge in [0.05, 0.1) is 6.54 Å². The molecule has 0 aliphatic heterocycles. The molecule has 2 rings (SSSR count). The SMILES string of the molecule is Cc1nc(Cl)cc(NCc2csc(=O)[nH]2)n1. The fraction of sp³-hybridized carbons (Fsp3) is 0.222. The van der Waals surface area contributed by atoms with Crippen molar-refractivity contribution in [1.82, 2.24) is 15.0 Å². The lowest BCUT2D eigenvalue weighted by molar-refractivity contribution is 1.00. The summed E-state index contributed by atoms with van der Waals surface area (Å²) in [6.07, 6.45) is 0. The Kier molecular flexibility index (Phi) is 3.21. The van der Waals surface area contributed by atoms with Crippen LogP contribution in [0, 0.1) is 6.92 Å². The summed E-state index contributed by atoms with van der Waals surface area (Å²) in [5.41, 5.74) is 0.822. The summed E-state index contributed by atoms with van der Waals surface area (Å²) in [7, 11) is 0. The minimum atomic E-state index is -0.0614. The van der Waals surface area contributed by atoms with Crippen LogP contribution in [0.15, 0.2) is 16.2 Å². The van der Waals surface area contributed by atoms with Crippen molar-refractivity contribution < 1.29 is 0 Å². The lowest BCUT2D eigenvalue weighted by Gasteiger charge is -2.04. The minimum absolute atomic E-state index is 0.0614. The second-order valence-electron chi connectivity index (χ2n) is 3.15. The van der Waals surface area contributed by atoms with Gasteiger partial charge in [0.25, 0.3) is 0 Å². The van der Waals surface area contributed by atoms with E-state index >= 15 is 0 Å². The molecule has 0 saturated heterocycles. The molecule has 2 N–H and O–H groups in total. The molecule has 0 amide bonds. The van der Waals surface area contributed by atoms with E-state index in [1.165, 1.54) is 0 Å². The molecule has 0 spiro atoms. The molecule has 0 aliphatic rings. The summed E-state index contributed by atoms with van der Waals surface area (Å²) in [5.74, 6) is 1.25. The van der Waals surface area contributed by atoms with Gasteiger partial charge in [-0.1, -0.05) is 22.9 Å². The second kappa shape index (κ2) is 4.63. The van der Waals surface area contributed by atoms with Crippen molar-refractivity contribution in [3.63, 3.8) is 0 Å². The van der Waals surface area contributed by atoms with Gasteiger partial charge in [-0.25, -0.2) is 9.97 Å². The third-order valence-electron chi connectivity index (χ3n) is 1.84. The highest BCUT2D eigenvalue weighted by Crippen LogP contribution is 2.11. The molecule has 2 aromatic rings. The van der Waals surface area contributed by atoms with Crippen LogP contribution in [0.5, 0.6) is 0 Å². The zero-order valence-corrected chi connectivity index (χ0v) is 10.0. The molecule has 0 unspecified atom stereocenters. The number of aryl methyl sites for hydroxylation is 1. The number of halogens is 1. The maximum Gasteiger partial charge on any atom is 0.304 e. The smallest absolute Gasteiger partial charge is 0.304 e. The molecule has 0 fully saturated rings. The number of thiazole rings is 1. The van der Waals surface area contributed by atoms with Gasteiger partial charge in [0, 0.05) is 17.1 Å². The molecule has 0 atom stereocenters. The Labute approximate surface area is 101 Å². The topological polar surface area (TPSA) is 70.7 Å². The lowest BCUT2D eigenvalue weighted by atomic mass is 10.4. The van der Waals surface area contributed by atoms with Crippen LogP contribution in [0.25, 0.3) is 0 Å². The Bertz CT molecular complexity index is 530. The fourth-order valence-electron chi connectivity index (χ4n) is 1.21. The van der Waals surface area contributed by atoms with Crippen LogP contribution in [0.4, 0.5) is 5.82 Å². The Hall–Kier alpha value is -1.40. The number of nitrogens with zero attached hydrogens (tertiary/aromatic N) is 2. The summed E-state index contributed by atoms with van der Waals surface area (Å²) in [5, 5.41) is 5.22. The molecule has 5 nitrogen and oxygen atoms in total. The number of H-pyrrole nitrogens is 1. The summed E-state index contributed by atoms with van der Waals surface area (Å²) in [6, 6.07) is 1.64. The van der Waals surface area contributed by atoms with E-state index in [9.17, 15) is 4.79 Å². The average Bonchev–Trinajstić information content (AvgIpc) is 2.60. The van der Waals surface area contributed by atoms with Crippen molar-refractivity contribution in [1.29, 1.82) is 0 Å². The van der Waals surface area contributed by atoms with Crippen molar-refractivity contribution in [3.8, 4) is 0 Å². The Morgan fingerprint density at radius 3 is 3.00 bits per heavy atom. The van der Waals surface area contributed by atoms with E-state index in [2.05, 4.69) is 20.3 Å². The first-order chi connectivity index (χ1) is 7.63. The van der Waals surface area contributed by atoms with E-state index in [-0.39, 0.29) is 4.87 Å². The molecule has 0 bridgehead atoms. The van der Waals surface area contributed by atoms with Crippen molar-refractivity contribution in [2.75, 3.05) is 5.32 Å². The molecular weight excluding hydrogens is 248 g/mol. The van der Waals surface area contributed by atoms with Crippen molar-refractivity contribution >= 4 is 28.8 Å². The van der Waals surface area contributed by atoms with Gasteiger partial charge >= 0.3 is 4.87 Å². The number of hydrogen-bond donors (Lipinski definition) is 2. The fourth-order valence-corrected chi connectivity index (χ4v) is 2.02. The van der Waals surface area contributed by atoms with Gasteiger partial charge in [-0.15, -0.1) is 0 Å². The summed E-state index contributed by atoms with van der Waals surface area (Å²) < 4.78 is 0. The molecular formula is C9H9ClN4OS. The van der Waals surface area contributed by atoms with E-state index in [0.29, 0.717) is 23.3 Å². The number of hydrogen-bond acceptors (Lipinski definition) is 5. The summed E-state index contributed by atoms with van der Waals surface area (Å²) in [4.78, 5) is 21.6. The molecule has 0 aromatic carbocycles. The van der Waals surface area contributed by atoms with E-state index in [0.717, 1.165) is 17.0 Å². The van der Waals surface area contributed by atoms with Gasteiger partial charge in [0.15, 0.2) is 0 Å². The Morgan fingerprint density at radius 1 is 1.56 bits per heavy atom. The molecule has 0 aliphatic carbocycles. The number of rotatable bonds is 3. The number of anilines is 1. The van der Waals surface area contributed by atoms with Crippen molar-refractivity contribution in [3.05, 3.63) is 37.8 Å². The maximum atomic E-state index is 10.9. The van der Waals surface area contributed by atoms with Crippen LogP contribution in [-0.2, 0) is 6.54 Å². The molecule has 2 aromatic heterocycles. The number of aromatic amines is 1. The number of nitrogens with one attached hydrogen (secondary N) is 2. The van der Waals surface area contributed by atoms with Gasteiger partial charge in [-0.05, 0) is 6.92 Å². The highest BCUT2D eigenvalue weighted by Gasteiger charge is 2.01. The molecule has 84 valence electrons. The molecule has 16 heavy (non-hydrogen) atoms. The van der Waals surface area contributed by atoms with Crippen molar-refractivity contribution in [2.24, 2.45) is 0 Å². The van der Waals surface area contributed by atoms with Gasteiger partial charge in [-0.2, -0.15) is 0 Å². The Morgan fingerprint density at radius 2 is 2.38 bits per heavy atom. The zero-order valence-electron chi connectivity index (χ0n) is 8.45. The minimum Gasteiger partial charge on any atom is -0.364 e. The molecule has 0 radical (unpaired) electrons. The van der Waals surface area contributed by atoms with Gasteiger partial charge in [-0.3, -0.25) is 4.79 Å². The van der Waals surface area contributed by atoms with E-state index < -0.39 is 0 Å². The van der Waals surface area contributed by atoms with Gasteiger partial charge < -0.3 is 10.3 Å². The van der Waals surface area contributed by atoms with Crippen LogP contribution in [0.3, 0.4) is 0 Å². The van der Waals surface area contributed by atoms with Crippen LogP contribution < -0.4 is 10.2 Å². The third-order valence-corrected chi connectivity index (χ3v) is 2.75. The zero-order chi connectivity index (χ0) is 11.5. The highest BCUT2D eigenvalue weighted by atomic mass is 35.5. The molecule has 2 heterocycles. The predicted molar refractivity (Wildman–Crippen MR) is 64.0 cm³/mol. The Balaban J connectivity index is 2.07. The number of aromatic nitrogens is 3. The molecule has 0 saturated carbocycles. The second-order valence-corrected chi connectivity index (χ2v) is 4.38. The van der Waals surface area contributed by atoms with E-state index in [4.69, 9.17) is 11.6 Å². The monoisotopic (exact) mass is 256 g/mol. The summed E-state index contributed by atoms with van der Waals surface area (Å²) >= 11 is 6.93. The first-order valence-electron chi connectivity index (χ1n) is 4.55. The quantitative estimate of drug-likeness (QED) is 0.822. The first kappa shape index (κ1) is 11.1. The van der Waals surface area contributed by atoms with Gasteiger partial charge in [0.2, 0.25) is 0 Å². The predicted octanol–water partition coefficient (Wildman–Crippen LogP) is 1.80. The standard InChI is InChI=1S/C9H9ClN4OS/c1-5-12-7(10)2-8(13-5)11-3-6-4-16-9(15)14-6/h2,4H,3H2,1H3,(H,14,15)(H,11,12,13). The van der Waals surface area contributed by atoms with Crippen LogP contribution in [-0.4, -0.2) is 15.0 Å². The highest BCUT2D eigenvalue weighted by molar-refractivity contribution is 7.07. The maximum absolute atomic E-state index is 10.9. The van der Waals surface area contributed by atoms with Crippen LogP contribution in [0.1, 0.15) is 11.5 Å².